The number of rotatable bonds is 6. The number of hydrogen-bond acceptors (Lipinski definition) is 3. The summed E-state index contributed by atoms with van der Waals surface area (Å²) in [6.45, 7) is 8.72. The molecule has 0 bridgehead atoms. The lowest BCUT2D eigenvalue weighted by Gasteiger charge is -2.45. The largest absolute Gasteiger partial charge is 0.386 e. The number of allylic oxidation sites excluding steroid dienone is 3. The van der Waals surface area contributed by atoms with E-state index in [1.54, 1.807) is 24.0 Å². The number of piperidine rings is 1. The lowest BCUT2D eigenvalue weighted by molar-refractivity contribution is -0.123. The minimum Gasteiger partial charge on any atom is -0.386 e. The lowest BCUT2D eigenvalue weighted by Crippen LogP contribution is -2.55. The Hall–Kier alpha value is -3.41. The van der Waals surface area contributed by atoms with Gasteiger partial charge in [-0.3, -0.25) is 9.59 Å². The Morgan fingerprint density at radius 3 is 2.50 bits per heavy atom. The molecule has 1 saturated carbocycles. The predicted octanol–water partition coefficient (Wildman–Crippen LogP) is 6.89. The van der Waals surface area contributed by atoms with E-state index in [4.69, 9.17) is 0 Å². The van der Waals surface area contributed by atoms with E-state index in [2.05, 4.69) is 49.6 Å². The molecule has 2 amide bonds. The average molecular weight is 544 g/mol. The molecule has 2 fully saturated rings. The highest BCUT2D eigenvalue weighted by atomic mass is 19.1. The van der Waals surface area contributed by atoms with Gasteiger partial charge in [-0.2, -0.15) is 0 Å². The van der Waals surface area contributed by atoms with Crippen molar-refractivity contribution in [2.24, 2.45) is 11.8 Å². The van der Waals surface area contributed by atoms with E-state index in [0.717, 1.165) is 23.4 Å². The second kappa shape index (κ2) is 11.6. The van der Waals surface area contributed by atoms with E-state index in [0.29, 0.717) is 31.0 Å². The second-order valence-electron chi connectivity index (χ2n) is 12.7. The van der Waals surface area contributed by atoms with Crippen LogP contribution in [0, 0.1) is 24.6 Å². The summed E-state index contributed by atoms with van der Waals surface area (Å²) in [5.74, 6) is -1.40. The zero-order valence-electron chi connectivity index (χ0n) is 24.2. The van der Waals surface area contributed by atoms with Gasteiger partial charge in [0.05, 0.1) is 17.5 Å². The monoisotopic (exact) mass is 543 g/mol. The number of likely N-dealkylation sites (tertiary alicyclic amines) is 1. The molecule has 2 aliphatic carbocycles. The average Bonchev–Trinajstić information content (AvgIpc) is 2.90. The van der Waals surface area contributed by atoms with Crippen molar-refractivity contribution in [2.45, 2.75) is 83.7 Å². The maximum atomic E-state index is 15.0. The topological polar surface area (TPSA) is 61.4 Å². The number of aryl methyl sites for hydroxylation is 1. The van der Waals surface area contributed by atoms with Crippen LogP contribution in [0.1, 0.15) is 80.8 Å². The van der Waals surface area contributed by atoms with Crippen LogP contribution in [0.4, 0.5) is 10.1 Å². The fraction of sp³-hybridized carbons (Fsp3) is 0.471. The van der Waals surface area contributed by atoms with Crippen LogP contribution >= 0.6 is 0 Å². The second-order valence-corrected chi connectivity index (χ2v) is 12.7. The number of amides is 2. The summed E-state index contributed by atoms with van der Waals surface area (Å²) in [6, 6.07) is 12.9. The van der Waals surface area contributed by atoms with Crippen LogP contribution in [0.25, 0.3) is 0 Å². The van der Waals surface area contributed by atoms with Gasteiger partial charge in [-0.1, -0.05) is 57.2 Å². The quantitative estimate of drug-likeness (QED) is 0.417. The normalized spacial score (nSPS) is 23.3. The van der Waals surface area contributed by atoms with Gasteiger partial charge in [0.15, 0.2) is 0 Å². The number of carbonyl (C=O) groups is 2. The molecule has 2 unspecified atom stereocenters. The summed E-state index contributed by atoms with van der Waals surface area (Å²) in [5, 5.41) is 6.84. The summed E-state index contributed by atoms with van der Waals surface area (Å²) in [5.41, 5.74) is 3.72. The molecule has 5 rings (SSSR count). The Balaban J connectivity index is 1.45. The van der Waals surface area contributed by atoms with Gasteiger partial charge in [-0.05, 0) is 86.3 Å². The first-order valence-electron chi connectivity index (χ1n) is 14.7. The molecule has 3 aliphatic rings. The molecule has 0 radical (unpaired) electrons. The highest BCUT2D eigenvalue weighted by molar-refractivity contribution is 5.98. The Morgan fingerprint density at radius 1 is 1.02 bits per heavy atom. The molecule has 2 aromatic rings. The Bertz CT molecular complexity index is 1300. The van der Waals surface area contributed by atoms with Crippen molar-refractivity contribution in [3.63, 3.8) is 0 Å². The first-order chi connectivity index (χ1) is 19.1. The number of anilines is 1. The smallest absolute Gasteiger partial charge is 0.257 e. The third-order valence-electron chi connectivity index (χ3n) is 8.76. The summed E-state index contributed by atoms with van der Waals surface area (Å²) < 4.78 is 15.0. The summed E-state index contributed by atoms with van der Waals surface area (Å²) >= 11 is 0. The summed E-state index contributed by atoms with van der Waals surface area (Å²) in [6.07, 6.45) is 12.0. The van der Waals surface area contributed by atoms with Gasteiger partial charge in [-0.25, -0.2) is 4.39 Å². The summed E-state index contributed by atoms with van der Waals surface area (Å²) in [4.78, 5) is 29.7. The Morgan fingerprint density at radius 2 is 1.80 bits per heavy atom. The van der Waals surface area contributed by atoms with E-state index >= 15 is 0 Å². The predicted molar refractivity (Wildman–Crippen MR) is 159 cm³/mol. The molecular weight excluding hydrogens is 501 g/mol. The SMILES string of the molecule is Cc1cccc(F)c1C(=O)N1CCCC(C(=O)Nc2cccc(C(C)(C)C)c2)[C@@H]1C1C=CC=C(NC2CCC2)C1. The van der Waals surface area contributed by atoms with E-state index in [1.165, 1.54) is 25.3 Å². The number of nitrogens with one attached hydrogen (secondary N) is 2. The van der Waals surface area contributed by atoms with Gasteiger partial charge >= 0.3 is 0 Å². The fourth-order valence-electron chi connectivity index (χ4n) is 6.28. The molecule has 2 N–H and O–H groups in total. The molecule has 1 aliphatic heterocycles. The first kappa shape index (κ1) is 28.1. The standard InChI is InChI=1S/C34H42FN3O2/c1-22-10-5-18-29(35)30(22)33(40)38-19-9-17-28(32(39)37-27-16-7-12-24(21-27)34(2,3)4)31(38)23-11-6-15-26(20-23)36-25-13-8-14-25/h5-7,10-12,15-16,18,21,23,25,28,31,36H,8-9,13-14,17,19-20H2,1-4H3,(H,37,39)/t23?,28?,31-/m0/s1. The van der Waals surface area contributed by atoms with Gasteiger partial charge in [-0.15, -0.1) is 0 Å². The maximum absolute atomic E-state index is 15.0. The minimum atomic E-state index is -0.513. The zero-order valence-corrected chi connectivity index (χ0v) is 24.2. The van der Waals surface area contributed by atoms with Crippen LogP contribution in [0.2, 0.25) is 0 Å². The van der Waals surface area contributed by atoms with Crippen molar-refractivity contribution in [2.75, 3.05) is 11.9 Å². The van der Waals surface area contributed by atoms with Crippen LogP contribution < -0.4 is 10.6 Å². The maximum Gasteiger partial charge on any atom is 0.257 e. The molecule has 0 spiro atoms. The van der Waals surface area contributed by atoms with Crippen molar-refractivity contribution in [1.82, 2.24) is 10.2 Å². The van der Waals surface area contributed by atoms with Crippen LogP contribution in [-0.4, -0.2) is 35.3 Å². The molecule has 6 heteroatoms. The molecule has 1 heterocycles. The molecule has 3 atom stereocenters. The third-order valence-corrected chi connectivity index (χ3v) is 8.76. The number of halogens is 1. The van der Waals surface area contributed by atoms with Gasteiger partial charge in [0, 0.05) is 29.9 Å². The van der Waals surface area contributed by atoms with Gasteiger partial charge in [0.1, 0.15) is 5.82 Å². The van der Waals surface area contributed by atoms with E-state index in [9.17, 15) is 14.0 Å². The van der Waals surface area contributed by atoms with Crippen LogP contribution in [0.15, 0.2) is 66.4 Å². The van der Waals surface area contributed by atoms with Crippen molar-refractivity contribution < 1.29 is 14.0 Å². The zero-order chi connectivity index (χ0) is 28.4. The third kappa shape index (κ3) is 6.01. The van der Waals surface area contributed by atoms with E-state index < -0.39 is 11.7 Å². The molecule has 1 saturated heterocycles. The molecule has 40 heavy (non-hydrogen) atoms. The fourth-order valence-corrected chi connectivity index (χ4v) is 6.28. The number of nitrogens with zero attached hydrogens (tertiary/aromatic N) is 1. The number of carbonyl (C=O) groups excluding carboxylic acids is 2. The van der Waals surface area contributed by atoms with E-state index in [-0.39, 0.29) is 34.8 Å². The molecule has 5 nitrogen and oxygen atoms in total. The van der Waals surface area contributed by atoms with Crippen LogP contribution in [-0.2, 0) is 10.2 Å². The molecule has 212 valence electrons. The Labute approximate surface area is 237 Å². The van der Waals surface area contributed by atoms with Crippen molar-refractivity contribution in [3.05, 3.63) is 88.9 Å². The molecule has 0 aromatic heterocycles. The summed E-state index contributed by atoms with van der Waals surface area (Å²) in [7, 11) is 0. The van der Waals surface area contributed by atoms with Crippen LogP contribution in [0.5, 0.6) is 0 Å². The van der Waals surface area contributed by atoms with Gasteiger partial charge < -0.3 is 15.5 Å². The minimum absolute atomic E-state index is 0.0436. The van der Waals surface area contributed by atoms with Gasteiger partial charge in [0.25, 0.3) is 5.91 Å². The molecule has 2 aromatic carbocycles. The highest BCUT2D eigenvalue weighted by Gasteiger charge is 2.43. The van der Waals surface area contributed by atoms with Crippen molar-refractivity contribution in [1.29, 1.82) is 0 Å². The van der Waals surface area contributed by atoms with Crippen molar-refractivity contribution in [3.8, 4) is 0 Å². The Kier molecular flexibility index (Phi) is 8.16. The van der Waals surface area contributed by atoms with Gasteiger partial charge in [0.2, 0.25) is 5.91 Å². The highest BCUT2D eigenvalue weighted by Crippen LogP contribution is 2.37. The molecular formula is C34H42FN3O2. The number of benzene rings is 2. The van der Waals surface area contributed by atoms with Crippen LogP contribution in [0.3, 0.4) is 0 Å². The van der Waals surface area contributed by atoms with Crippen molar-refractivity contribution >= 4 is 17.5 Å². The number of hydrogen-bond donors (Lipinski definition) is 2. The first-order valence-corrected chi connectivity index (χ1v) is 14.7. The lowest BCUT2D eigenvalue weighted by atomic mass is 9.76. The van der Waals surface area contributed by atoms with E-state index in [1.807, 2.05) is 24.3 Å².